The van der Waals surface area contributed by atoms with Crippen LogP contribution in [0.1, 0.15) is 68.8 Å². The second-order valence-corrected chi connectivity index (χ2v) is 13.6. The summed E-state index contributed by atoms with van der Waals surface area (Å²) in [6, 6.07) is 13.3. The van der Waals surface area contributed by atoms with Gasteiger partial charge in [-0.3, -0.25) is 9.69 Å². The first-order valence-corrected chi connectivity index (χ1v) is 17.1. The molecule has 258 valence electrons. The first-order valence-electron chi connectivity index (χ1n) is 17.1. The molecule has 2 fully saturated rings. The number of fused-ring (bicyclic) bond motifs is 7. The highest BCUT2D eigenvalue weighted by molar-refractivity contribution is 6.09. The first kappa shape index (κ1) is 31.7. The number of methoxy groups -OCH3 is 1. The number of aromatic amines is 2. The molecule has 3 atom stereocenters. The average molecular weight is 678 g/mol. The van der Waals surface area contributed by atoms with Gasteiger partial charge in [0.25, 0.3) is 0 Å². The number of nitrogens with one attached hydrogen (secondary N) is 3. The minimum Gasteiger partial charge on any atom is -0.488 e. The predicted octanol–water partition coefficient (Wildman–Crippen LogP) is 6.52. The maximum absolute atomic E-state index is 13.7. The van der Waals surface area contributed by atoms with Gasteiger partial charge in [-0.1, -0.05) is 32.0 Å². The maximum Gasteiger partial charge on any atom is 0.407 e. The number of carbonyl (C=O) groups excluding carboxylic acids is 2. The van der Waals surface area contributed by atoms with Gasteiger partial charge in [0, 0.05) is 29.4 Å². The highest BCUT2D eigenvalue weighted by Crippen LogP contribution is 2.45. The van der Waals surface area contributed by atoms with E-state index in [1.807, 2.05) is 24.8 Å². The number of hydrogen-bond donors (Lipinski definition) is 4. The van der Waals surface area contributed by atoms with Gasteiger partial charge in [0.05, 0.1) is 42.1 Å². The van der Waals surface area contributed by atoms with Gasteiger partial charge >= 0.3 is 12.2 Å². The molecule has 50 heavy (non-hydrogen) atoms. The van der Waals surface area contributed by atoms with Crippen molar-refractivity contribution in [1.82, 2.24) is 35.1 Å². The fraction of sp³-hybridized carbons (Fsp3) is 0.378. The molecule has 13 nitrogen and oxygen atoms in total. The summed E-state index contributed by atoms with van der Waals surface area (Å²) in [5, 5.41) is 14.2. The normalized spacial score (nSPS) is 19.0. The largest absolute Gasteiger partial charge is 0.488 e. The second kappa shape index (κ2) is 12.4. The molecule has 3 aromatic carbocycles. The third-order valence-corrected chi connectivity index (χ3v) is 10.3. The maximum atomic E-state index is 13.7. The zero-order chi connectivity index (χ0) is 34.7. The highest BCUT2D eigenvalue weighted by atomic mass is 16.5. The van der Waals surface area contributed by atoms with Gasteiger partial charge < -0.3 is 34.8 Å². The van der Waals surface area contributed by atoms with Gasteiger partial charge in [0.15, 0.2) is 0 Å². The van der Waals surface area contributed by atoms with E-state index in [9.17, 15) is 19.5 Å². The van der Waals surface area contributed by atoms with Crippen molar-refractivity contribution in [2.24, 2.45) is 5.92 Å². The van der Waals surface area contributed by atoms with Crippen molar-refractivity contribution < 1.29 is 29.0 Å². The molecule has 0 saturated carbocycles. The molecule has 5 heterocycles. The van der Waals surface area contributed by atoms with Crippen molar-refractivity contribution in [2.75, 3.05) is 20.2 Å². The predicted molar refractivity (Wildman–Crippen MR) is 186 cm³/mol. The number of likely N-dealkylation sites (tertiary alicyclic amines) is 2. The van der Waals surface area contributed by atoms with E-state index in [-0.39, 0.29) is 23.9 Å². The van der Waals surface area contributed by atoms with Crippen LogP contribution in [-0.4, -0.2) is 79.2 Å². The zero-order valence-electron chi connectivity index (χ0n) is 28.2. The number of amides is 3. The number of benzene rings is 3. The van der Waals surface area contributed by atoms with Crippen LogP contribution >= 0.6 is 0 Å². The molecule has 2 saturated heterocycles. The number of rotatable bonds is 6. The second-order valence-electron chi connectivity index (χ2n) is 13.6. The Morgan fingerprint density at radius 1 is 0.960 bits per heavy atom. The molecule has 0 aliphatic carbocycles. The quantitative estimate of drug-likeness (QED) is 0.158. The molecule has 3 amide bonds. The standard InChI is InChI=1S/C37H39N7O6/c1-19(2)30(42-36(46)49-3)35(45)43-14-4-7-29(43)34-39-26-13-12-25-23(31(26)41-34)10-11-24-22-9-8-20(16-21(22)18-50-32(24)25)27-17-38-33(40-27)28-6-5-15-44(28)37(47)48/h8-13,16-17,19,28-30H,4-7,14-15,18H2,1-3H3,(H,38,40)(H,39,41)(H,42,46)(H,47,48)/t28-,29+,30?/m1/s1. The lowest BCUT2D eigenvalue weighted by Crippen LogP contribution is -2.51. The van der Waals surface area contributed by atoms with Crippen LogP contribution in [0.4, 0.5) is 9.59 Å². The third-order valence-electron chi connectivity index (χ3n) is 10.3. The van der Waals surface area contributed by atoms with Crippen LogP contribution in [0, 0.1) is 5.92 Å². The SMILES string of the molecule is COC(=O)NC(C(=O)N1CCC[C@H]1c1nc2c(ccc3c4c(ccc32)-c2ccc(-c3cnc([C@H]5CCCN5C(=O)O)[nH]3)cc2CO4)[nH]1)C(C)C. The summed E-state index contributed by atoms with van der Waals surface area (Å²) in [5.41, 5.74) is 6.63. The van der Waals surface area contributed by atoms with E-state index in [1.165, 1.54) is 12.0 Å². The minimum atomic E-state index is -0.922. The van der Waals surface area contributed by atoms with Crippen molar-refractivity contribution in [3.8, 4) is 28.1 Å². The van der Waals surface area contributed by atoms with E-state index in [1.54, 1.807) is 6.20 Å². The Morgan fingerprint density at radius 2 is 1.70 bits per heavy atom. The van der Waals surface area contributed by atoms with Gasteiger partial charge in [-0.25, -0.2) is 19.6 Å². The third kappa shape index (κ3) is 5.28. The molecule has 0 bridgehead atoms. The van der Waals surface area contributed by atoms with Crippen molar-refractivity contribution in [3.05, 3.63) is 65.9 Å². The molecule has 4 N–H and O–H groups in total. The fourth-order valence-corrected chi connectivity index (χ4v) is 7.81. The van der Waals surface area contributed by atoms with Crippen molar-refractivity contribution in [2.45, 2.75) is 64.3 Å². The summed E-state index contributed by atoms with van der Waals surface area (Å²) in [7, 11) is 1.29. The monoisotopic (exact) mass is 677 g/mol. The van der Waals surface area contributed by atoms with Gasteiger partial charge in [0.2, 0.25) is 5.91 Å². The number of nitrogens with zero attached hydrogens (tertiary/aromatic N) is 4. The molecule has 0 spiro atoms. The Kier molecular flexibility index (Phi) is 7.84. The van der Waals surface area contributed by atoms with Gasteiger partial charge in [-0.05, 0) is 72.6 Å². The smallest absolute Gasteiger partial charge is 0.407 e. The van der Waals surface area contributed by atoms with Crippen LogP contribution in [0.3, 0.4) is 0 Å². The van der Waals surface area contributed by atoms with E-state index < -0.39 is 18.2 Å². The molecule has 0 radical (unpaired) electrons. The molecule has 2 aromatic heterocycles. The highest BCUT2D eigenvalue weighted by Gasteiger charge is 2.38. The number of aromatic nitrogens is 4. The lowest BCUT2D eigenvalue weighted by atomic mass is 9.92. The zero-order valence-corrected chi connectivity index (χ0v) is 28.2. The van der Waals surface area contributed by atoms with E-state index in [2.05, 4.69) is 56.7 Å². The van der Waals surface area contributed by atoms with Crippen molar-refractivity contribution in [3.63, 3.8) is 0 Å². The molecule has 3 aliphatic rings. The van der Waals surface area contributed by atoms with Crippen LogP contribution in [0.15, 0.2) is 48.7 Å². The molecule has 3 aliphatic heterocycles. The van der Waals surface area contributed by atoms with Crippen molar-refractivity contribution in [1.29, 1.82) is 0 Å². The molecule has 1 unspecified atom stereocenters. The summed E-state index contributed by atoms with van der Waals surface area (Å²) >= 11 is 0. The Hall–Kier alpha value is -5.59. The van der Waals surface area contributed by atoms with Crippen LogP contribution in [0.25, 0.3) is 44.2 Å². The number of ether oxygens (including phenoxy) is 2. The van der Waals surface area contributed by atoms with E-state index in [4.69, 9.17) is 14.5 Å². The molecule has 8 rings (SSSR count). The number of carboxylic acid groups (broad SMARTS) is 1. The molecular weight excluding hydrogens is 638 g/mol. The van der Waals surface area contributed by atoms with Gasteiger partial charge in [0.1, 0.15) is 30.0 Å². The fourth-order valence-electron chi connectivity index (χ4n) is 7.81. The minimum absolute atomic E-state index is 0.114. The number of hydrogen-bond acceptors (Lipinski definition) is 7. The Bertz CT molecular complexity index is 2150. The molecular formula is C37H39N7O6. The molecule has 5 aromatic rings. The van der Waals surface area contributed by atoms with Crippen LogP contribution in [-0.2, 0) is 16.1 Å². The summed E-state index contributed by atoms with van der Waals surface area (Å²) in [4.78, 5) is 57.1. The Labute approximate surface area is 288 Å². The van der Waals surface area contributed by atoms with Crippen LogP contribution in [0.2, 0.25) is 0 Å². The summed E-state index contributed by atoms with van der Waals surface area (Å²) in [6.07, 6.45) is 3.40. The van der Waals surface area contributed by atoms with Gasteiger partial charge in [-0.15, -0.1) is 0 Å². The summed E-state index contributed by atoms with van der Waals surface area (Å²) in [6.45, 7) is 5.30. The lowest BCUT2D eigenvalue weighted by Gasteiger charge is -2.29. The van der Waals surface area contributed by atoms with E-state index in [0.29, 0.717) is 25.5 Å². The van der Waals surface area contributed by atoms with Crippen molar-refractivity contribution >= 4 is 39.9 Å². The van der Waals surface area contributed by atoms with E-state index >= 15 is 0 Å². The number of carbonyl (C=O) groups is 3. The van der Waals surface area contributed by atoms with E-state index in [0.717, 1.165) is 87.0 Å². The summed E-state index contributed by atoms with van der Waals surface area (Å²) < 4.78 is 11.2. The van der Waals surface area contributed by atoms with Crippen LogP contribution in [0.5, 0.6) is 5.75 Å². The molecule has 13 heteroatoms. The van der Waals surface area contributed by atoms with Crippen LogP contribution < -0.4 is 10.1 Å². The summed E-state index contributed by atoms with van der Waals surface area (Å²) in [5.74, 6) is 1.94. The number of H-pyrrole nitrogens is 2. The first-order chi connectivity index (χ1) is 24.2. The Balaban J connectivity index is 1.08. The number of imidazole rings is 2. The lowest BCUT2D eigenvalue weighted by molar-refractivity contribution is -0.135. The average Bonchev–Trinajstić information content (AvgIpc) is 3.94. The topological polar surface area (TPSA) is 166 Å². The Morgan fingerprint density at radius 3 is 2.46 bits per heavy atom. The van der Waals surface area contributed by atoms with Gasteiger partial charge in [-0.2, -0.15) is 0 Å². The number of alkyl carbamates (subject to hydrolysis) is 1.